The monoisotopic (exact) mass is 253 g/mol. The van der Waals surface area contributed by atoms with Gasteiger partial charge in [-0.25, -0.2) is 4.98 Å². The van der Waals surface area contributed by atoms with Crippen molar-refractivity contribution in [3.8, 4) is 0 Å². The Labute approximate surface area is 111 Å². The van der Waals surface area contributed by atoms with Crippen molar-refractivity contribution < 1.29 is 0 Å². The smallest absolute Gasteiger partial charge is 0.130 e. The van der Waals surface area contributed by atoms with Crippen LogP contribution in [0.5, 0.6) is 0 Å². The number of hydrogen-bond donors (Lipinski definition) is 1. The molecule has 0 radical (unpaired) electrons. The summed E-state index contributed by atoms with van der Waals surface area (Å²) in [5.74, 6) is 0.999. The fourth-order valence-electron chi connectivity index (χ4n) is 2.16. The van der Waals surface area contributed by atoms with Crippen molar-refractivity contribution in [2.75, 3.05) is 5.32 Å². The summed E-state index contributed by atoms with van der Waals surface area (Å²) in [5.41, 5.74) is 2.81. The molecule has 0 aliphatic carbocycles. The highest BCUT2D eigenvalue weighted by Crippen LogP contribution is 2.20. The third-order valence-electron chi connectivity index (χ3n) is 3.10. The summed E-state index contributed by atoms with van der Waals surface area (Å²) in [6, 6.07) is 6.11. The predicted molar refractivity (Wildman–Crippen MR) is 74.8 cm³/mol. The van der Waals surface area contributed by atoms with E-state index in [1.807, 2.05) is 36.0 Å². The highest BCUT2D eigenvalue weighted by Gasteiger charge is 2.10. The summed E-state index contributed by atoms with van der Waals surface area (Å²) in [4.78, 5) is 12.9. The predicted octanol–water partition coefficient (Wildman–Crippen LogP) is 2.54. The van der Waals surface area contributed by atoms with Gasteiger partial charge in [-0.05, 0) is 25.1 Å². The van der Waals surface area contributed by atoms with Crippen LogP contribution in [-0.2, 0) is 7.05 Å². The van der Waals surface area contributed by atoms with Crippen LogP contribution in [0.4, 0.5) is 5.69 Å². The first-order valence-electron chi connectivity index (χ1n) is 6.18. The van der Waals surface area contributed by atoms with E-state index in [0.717, 1.165) is 22.5 Å². The van der Waals surface area contributed by atoms with Gasteiger partial charge in [-0.15, -0.1) is 0 Å². The number of rotatable bonds is 3. The van der Waals surface area contributed by atoms with Crippen LogP contribution in [0.2, 0.25) is 0 Å². The summed E-state index contributed by atoms with van der Waals surface area (Å²) in [6.07, 6.45) is 7.15. The largest absolute Gasteiger partial charge is 0.375 e. The van der Waals surface area contributed by atoms with E-state index in [-0.39, 0.29) is 6.04 Å². The number of fused-ring (bicyclic) bond motifs is 1. The lowest BCUT2D eigenvalue weighted by molar-refractivity contribution is 0.722. The zero-order chi connectivity index (χ0) is 13.2. The van der Waals surface area contributed by atoms with E-state index in [4.69, 9.17) is 0 Å². The van der Waals surface area contributed by atoms with Crippen LogP contribution in [0.1, 0.15) is 18.8 Å². The van der Waals surface area contributed by atoms with Gasteiger partial charge in [0.25, 0.3) is 0 Å². The molecule has 2 aromatic heterocycles. The Morgan fingerprint density at radius 2 is 1.84 bits per heavy atom. The van der Waals surface area contributed by atoms with Crippen molar-refractivity contribution in [1.82, 2.24) is 19.5 Å². The van der Waals surface area contributed by atoms with Crippen LogP contribution in [-0.4, -0.2) is 19.5 Å². The van der Waals surface area contributed by atoms with Crippen molar-refractivity contribution in [3.05, 3.63) is 48.8 Å². The van der Waals surface area contributed by atoms with E-state index in [2.05, 4.69) is 27.2 Å². The lowest BCUT2D eigenvalue weighted by atomic mass is 10.2. The zero-order valence-electron chi connectivity index (χ0n) is 10.9. The van der Waals surface area contributed by atoms with Gasteiger partial charge in [0.1, 0.15) is 5.82 Å². The first-order valence-corrected chi connectivity index (χ1v) is 6.18. The lowest BCUT2D eigenvalue weighted by Gasteiger charge is -2.15. The standard InChI is InChI=1S/C14H15N5/c1-10(14-17-7-8-19(14)2)18-11-3-4-12-13(9-11)16-6-5-15-12/h3-10,18H,1-2H3. The summed E-state index contributed by atoms with van der Waals surface area (Å²) in [7, 11) is 1.99. The Kier molecular flexibility index (Phi) is 2.87. The van der Waals surface area contributed by atoms with E-state index < -0.39 is 0 Å². The second-order valence-corrected chi connectivity index (χ2v) is 4.52. The van der Waals surface area contributed by atoms with Crippen LogP contribution < -0.4 is 5.32 Å². The fraction of sp³-hybridized carbons (Fsp3) is 0.214. The van der Waals surface area contributed by atoms with Gasteiger partial charge < -0.3 is 9.88 Å². The average Bonchev–Trinajstić information content (AvgIpc) is 2.85. The molecule has 1 N–H and O–H groups in total. The van der Waals surface area contributed by atoms with Crippen LogP contribution in [0.15, 0.2) is 43.0 Å². The molecule has 96 valence electrons. The molecule has 3 rings (SSSR count). The number of aromatic nitrogens is 4. The molecule has 5 heteroatoms. The van der Waals surface area contributed by atoms with E-state index >= 15 is 0 Å². The van der Waals surface area contributed by atoms with Gasteiger partial charge in [0, 0.05) is 37.5 Å². The average molecular weight is 253 g/mol. The molecule has 1 aromatic carbocycles. The Bertz CT molecular complexity index is 704. The summed E-state index contributed by atoms with van der Waals surface area (Å²) >= 11 is 0. The van der Waals surface area contributed by atoms with Crippen LogP contribution in [0, 0.1) is 0 Å². The lowest BCUT2D eigenvalue weighted by Crippen LogP contribution is -2.11. The van der Waals surface area contributed by atoms with Crippen LogP contribution in [0.3, 0.4) is 0 Å². The van der Waals surface area contributed by atoms with E-state index in [0.29, 0.717) is 0 Å². The van der Waals surface area contributed by atoms with Gasteiger partial charge in [0.2, 0.25) is 0 Å². The van der Waals surface area contributed by atoms with Gasteiger partial charge in [-0.3, -0.25) is 9.97 Å². The van der Waals surface area contributed by atoms with Gasteiger partial charge >= 0.3 is 0 Å². The number of aryl methyl sites for hydroxylation is 1. The van der Waals surface area contributed by atoms with E-state index in [9.17, 15) is 0 Å². The molecule has 1 atom stereocenters. The first kappa shape index (κ1) is 11.6. The molecule has 0 saturated carbocycles. The maximum Gasteiger partial charge on any atom is 0.130 e. The second kappa shape index (κ2) is 4.68. The topological polar surface area (TPSA) is 55.6 Å². The second-order valence-electron chi connectivity index (χ2n) is 4.52. The van der Waals surface area contributed by atoms with Gasteiger partial charge in [-0.2, -0.15) is 0 Å². The normalized spacial score (nSPS) is 12.5. The van der Waals surface area contributed by atoms with Gasteiger partial charge in [0.15, 0.2) is 0 Å². The molecule has 2 heterocycles. The molecule has 0 spiro atoms. The molecule has 0 bridgehead atoms. The van der Waals surface area contributed by atoms with Crippen molar-refractivity contribution in [3.63, 3.8) is 0 Å². The molecule has 0 aliphatic rings. The van der Waals surface area contributed by atoms with Crippen LogP contribution >= 0.6 is 0 Å². The number of imidazole rings is 1. The molecular weight excluding hydrogens is 238 g/mol. The van der Waals surface area contributed by atoms with E-state index in [1.165, 1.54) is 0 Å². The highest BCUT2D eigenvalue weighted by molar-refractivity contribution is 5.78. The minimum absolute atomic E-state index is 0.133. The Hall–Kier alpha value is -2.43. The number of nitrogens with one attached hydrogen (secondary N) is 1. The molecule has 3 aromatic rings. The minimum Gasteiger partial charge on any atom is -0.375 e. The molecule has 0 amide bonds. The number of anilines is 1. The maximum atomic E-state index is 4.35. The molecule has 19 heavy (non-hydrogen) atoms. The van der Waals surface area contributed by atoms with Gasteiger partial charge in [-0.1, -0.05) is 0 Å². The van der Waals surface area contributed by atoms with Crippen molar-refractivity contribution in [2.45, 2.75) is 13.0 Å². The van der Waals surface area contributed by atoms with Gasteiger partial charge in [0.05, 0.1) is 17.1 Å². The molecule has 0 saturated heterocycles. The number of hydrogen-bond acceptors (Lipinski definition) is 4. The summed E-state index contributed by atoms with van der Waals surface area (Å²) in [6.45, 7) is 2.09. The first-order chi connectivity index (χ1) is 9.24. The van der Waals surface area contributed by atoms with E-state index in [1.54, 1.807) is 18.6 Å². The zero-order valence-corrected chi connectivity index (χ0v) is 10.9. The fourth-order valence-corrected chi connectivity index (χ4v) is 2.16. The van der Waals surface area contributed by atoms with Crippen molar-refractivity contribution in [1.29, 1.82) is 0 Å². The molecular formula is C14H15N5. The number of benzene rings is 1. The Morgan fingerprint density at radius 3 is 2.58 bits per heavy atom. The quantitative estimate of drug-likeness (QED) is 0.779. The highest BCUT2D eigenvalue weighted by atomic mass is 15.1. The van der Waals surface area contributed by atoms with Crippen LogP contribution in [0.25, 0.3) is 11.0 Å². The Balaban J connectivity index is 1.87. The van der Waals surface area contributed by atoms with Crippen molar-refractivity contribution in [2.24, 2.45) is 7.05 Å². The molecule has 5 nitrogen and oxygen atoms in total. The molecule has 0 fully saturated rings. The molecule has 0 aliphatic heterocycles. The summed E-state index contributed by atoms with van der Waals surface area (Å²) < 4.78 is 2.01. The molecule has 1 unspecified atom stereocenters. The van der Waals surface area contributed by atoms with Crippen molar-refractivity contribution >= 4 is 16.7 Å². The SMILES string of the molecule is CC(Nc1ccc2nccnc2c1)c1nccn1C. The number of nitrogens with zero attached hydrogens (tertiary/aromatic N) is 4. The third-order valence-corrected chi connectivity index (χ3v) is 3.10. The minimum atomic E-state index is 0.133. The Morgan fingerprint density at radius 1 is 1.05 bits per heavy atom. The summed E-state index contributed by atoms with van der Waals surface area (Å²) in [5, 5.41) is 3.43. The third kappa shape index (κ3) is 2.27. The maximum absolute atomic E-state index is 4.35.